The molecule has 3 nitrogen and oxygen atoms in total. The van der Waals surface area contributed by atoms with E-state index in [1.165, 1.54) is 36.8 Å². The minimum absolute atomic E-state index is 0.653. The van der Waals surface area contributed by atoms with Gasteiger partial charge in [-0.05, 0) is 37.0 Å². The molecule has 1 fully saturated rings. The van der Waals surface area contributed by atoms with Crippen molar-refractivity contribution in [2.45, 2.75) is 45.6 Å². The van der Waals surface area contributed by atoms with Gasteiger partial charge in [0.05, 0.1) is 0 Å². The number of hydrogen-bond acceptors (Lipinski definition) is 3. The summed E-state index contributed by atoms with van der Waals surface area (Å²) in [6.07, 6.45) is 9.08. The van der Waals surface area contributed by atoms with Gasteiger partial charge >= 0.3 is 0 Å². The number of pyridine rings is 1. The average molecular weight is 283 g/mol. The van der Waals surface area contributed by atoms with E-state index in [9.17, 15) is 0 Å². The Morgan fingerprint density at radius 2 is 1.95 bits per heavy atom. The van der Waals surface area contributed by atoms with Gasteiger partial charge in [0.1, 0.15) is 0 Å². The number of rotatable bonds is 4. The summed E-state index contributed by atoms with van der Waals surface area (Å²) in [5.74, 6) is 0.653. The number of nitrogens with two attached hydrogens (primary N) is 1. The van der Waals surface area contributed by atoms with E-state index >= 15 is 0 Å². The summed E-state index contributed by atoms with van der Waals surface area (Å²) in [6, 6.07) is 7.00. The third-order valence-electron chi connectivity index (χ3n) is 4.47. The summed E-state index contributed by atoms with van der Waals surface area (Å²) in [5, 5.41) is 2.30. The molecule has 0 bridgehead atoms. The standard InChI is InChI=1S/C18H25N3/c1-13(2)12-21(14-5-3-4-6-14)18-8-7-17(19)16-11-20-10-9-15(16)18/h7-11,13-14H,3-6,12,19H2,1-2H3. The minimum Gasteiger partial charge on any atom is -0.398 e. The normalized spacial score (nSPS) is 16.0. The van der Waals surface area contributed by atoms with Gasteiger partial charge in [0, 0.05) is 47.1 Å². The third-order valence-corrected chi connectivity index (χ3v) is 4.47. The van der Waals surface area contributed by atoms with E-state index in [2.05, 4.69) is 35.9 Å². The Bertz CT molecular complexity index is 615. The highest BCUT2D eigenvalue weighted by Gasteiger charge is 2.24. The second-order valence-electron chi connectivity index (χ2n) is 6.58. The zero-order valence-electron chi connectivity index (χ0n) is 13.0. The fourth-order valence-corrected chi connectivity index (χ4v) is 3.50. The Morgan fingerprint density at radius 1 is 1.19 bits per heavy atom. The number of anilines is 2. The number of nitrogen functional groups attached to an aromatic ring is 1. The van der Waals surface area contributed by atoms with Gasteiger partial charge in [-0.25, -0.2) is 0 Å². The second kappa shape index (κ2) is 5.92. The first-order valence-electron chi connectivity index (χ1n) is 8.05. The number of fused-ring (bicyclic) bond motifs is 1. The van der Waals surface area contributed by atoms with E-state index in [1.807, 2.05) is 18.5 Å². The van der Waals surface area contributed by atoms with Gasteiger partial charge in [0.2, 0.25) is 0 Å². The van der Waals surface area contributed by atoms with Gasteiger partial charge < -0.3 is 10.6 Å². The van der Waals surface area contributed by atoms with Crippen LogP contribution >= 0.6 is 0 Å². The lowest BCUT2D eigenvalue weighted by molar-refractivity contribution is 0.537. The van der Waals surface area contributed by atoms with Crippen LogP contribution in [0, 0.1) is 5.92 Å². The van der Waals surface area contributed by atoms with Crippen molar-refractivity contribution in [3.8, 4) is 0 Å². The van der Waals surface area contributed by atoms with Crippen molar-refractivity contribution in [3.05, 3.63) is 30.6 Å². The molecule has 0 atom stereocenters. The molecule has 1 aliphatic rings. The summed E-state index contributed by atoms with van der Waals surface area (Å²) in [5.41, 5.74) is 8.26. The van der Waals surface area contributed by atoms with Crippen molar-refractivity contribution in [1.29, 1.82) is 0 Å². The molecule has 3 rings (SSSR count). The van der Waals surface area contributed by atoms with Crippen LogP contribution in [-0.4, -0.2) is 17.6 Å². The lowest BCUT2D eigenvalue weighted by atomic mass is 10.0. The Kier molecular flexibility index (Phi) is 4.00. The van der Waals surface area contributed by atoms with Crippen molar-refractivity contribution >= 4 is 22.1 Å². The zero-order valence-corrected chi connectivity index (χ0v) is 13.0. The minimum atomic E-state index is 0.653. The van der Waals surface area contributed by atoms with E-state index in [0.29, 0.717) is 12.0 Å². The third kappa shape index (κ3) is 2.82. The number of benzene rings is 1. The van der Waals surface area contributed by atoms with Gasteiger partial charge in [-0.15, -0.1) is 0 Å². The first-order valence-corrected chi connectivity index (χ1v) is 8.05. The molecule has 0 saturated heterocycles. The van der Waals surface area contributed by atoms with Crippen molar-refractivity contribution in [2.75, 3.05) is 17.2 Å². The van der Waals surface area contributed by atoms with Crippen molar-refractivity contribution in [2.24, 2.45) is 5.92 Å². The molecular weight excluding hydrogens is 258 g/mol. The van der Waals surface area contributed by atoms with Gasteiger partial charge in [-0.2, -0.15) is 0 Å². The molecule has 112 valence electrons. The molecule has 0 unspecified atom stereocenters. The Morgan fingerprint density at radius 3 is 2.67 bits per heavy atom. The predicted molar refractivity (Wildman–Crippen MR) is 90.6 cm³/mol. The van der Waals surface area contributed by atoms with Gasteiger partial charge in [-0.1, -0.05) is 26.7 Å². The van der Waals surface area contributed by atoms with Gasteiger partial charge in [-0.3, -0.25) is 4.98 Å². The summed E-state index contributed by atoms with van der Waals surface area (Å²) in [4.78, 5) is 6.84. The SMILES string of the molecule is CC(C)CN(c1ccc(N)c2cnccc12)C1CCCC1. The fourth-order valence-electron chi connectivity index (χ4n) is 3.50. The van der Waals surface area contributed by atoms with Crippen molar-refractivity contribution in [1.82, 2.24) is 4.98 Å². The maximum absolute atomic E-state index is 6.12. The highest BCUT2D eigenvalue weighted by molar-refractivity contribution is 6.00. The molecule has 0 radical (unpaired) electrons. The molecule has 1 heterocycles. The molecule has 2 N–H and O–H groups in total. The molecule has 0 amide bonds. The molecule has 1 aromatic carbocycles. The summed E-state index contributed by atoms with van der Waals surface area (Å²) in [7, 11) is 0. The van der Waals surface area contributed by atoms with E-state index < -0.39 is 0 Å². The fraction of sp³-hybridized carbons (Fsp3) is 0.500. The van der Waals surface area contributed by atoms with Gasteiger partial charge in [0.15, 0.2) is 0 Å². The highest BCUT2D eigenvalue weighted by Crippen LogP contribution is 2.35. The van der Waals surface area contributed by atoms with E-state index in [1.54, 1.807) is 0 Å². The van der Waals surface area contributed by atoms with Crippen LogP contribution < -0.4 is 10.6 Å². The van der Waals surface area contributed by atoms with E-state index in [4.69, 9.17) is 5.73 Å². The van der Waals surface area contributed by atoms with Crippen LogP contribution in [0.25, 0.3) is 10.8 Å². The summed E-state index contributed by atoms with van der Waals surface area (Å²) >= 11 is 0. The summed E-state index contributed by atoms with van der Waals surface area (Å²) in [6.45, 7) is 5.69. The van der Waals surface area contributed by atoms with Crippen LogP contribution in [-0.2, 0) is 0 Å². The van der Waals surface area contributed by atoms with E-state index in [0.717, 1.165) is 17.6 Å². The predicted octanol–water partition coefficient (Wildman–Crippen LogP) is 4.22. The van der Waals surface area contributed by atoms with Crippen LogP contribution in [0.4, 0.5) is 11.4 Å². The Balaban J connectivity index is 2.08. The highest BCUT2D eigenvalue weighted by atomic mass is 15.2. The van der Waals surface area contributed by atoms with Crippen LogP contribution in [0.1, 0.15) is 39.5 Å². The van der Waals surface area contributed by atoms with Crippen LogP contribution in [0.2, 0.25) is 0 Å². The first-order chi connectivity index (χ1) is 10.2. The molecule has 1 saturated carbocycles. The van der Waals surface area contributed by atoms with Gasteiger partial charge in [0.25, 0.3) is 0 Å². The van der Waals surface area contributed by atoms with E-state index in [-0.39, 0.29) is 0 Å². The average Bonchev–Trinajstić information content (AvgIpc) is 3.00. The Hall–Kier alpha value is -1.77. The molecular formula is C18H25N3. The smallest absolute Gasteiger partial charge is 0.0451 e. The second-order valence-corrected chi connectivity index (χ2v) is 6.58. The molecule has 1 aromatic heterocycles. The molecule has 0 aliphatic heterocycles. The first kappa shape index (κ1) is 14.2. The number of aromatic nitrogens is 1. The lowest BCUT2D eigenvalue weighted by Crippen LogP contribution is -2.36. The largest absolute Gasteiger partial charge is 0.398 e. The number of nitrogens with zero attached hydrogens (tertiary/aromatic N) is 2. The Labute approximate surface area is 127 Å². The molecule has 1 aliphatic carbocycles. The van der Waals surface area contributed by atoms with Crippen molar-refractivity contribution in [3.63, 3.8) is 0 Å². The van der Waals surface area contributed by atoms with Crippen molar-refractivity contribution < 1.29 is 0 Å². The maximum Gasteiger partial charge on any atom is 0.0451 e. The topological polar surface area (TPSA) is 42.1 Å². The number of hydrogen-bond donors (Lipinski definition) is 1. The van der Waals surface area contributed by atoms with Crippen LogP contribution in [0.3, 0.4) is 0 Å². The monoisotopic (exact) mass is 283 g/mol. The lowest BCUT2D eigenvalue weighted by Gasteiger charge is -2.34. The molecule has 0 spiro atoms. The quantitative estimate of drug-likeness (QED) is 0.854. The summed E-state index contributed by atoms with van der Waals surface area (Å²) < 4.78 is 0. The molecule has 3 heteroatoms. The van der Waals surface area contributed by atoms with Crippen LogP contribution in [0.15, 0.2) is 30.6 Å². The molecule has 2 aromatic rings. The maximum atomic E-state index is 6.12. The zero-order chi connectivity index (χ0) is 14.8. The molecule has 21 heavy (non-hydrogen) atoms. The van der Waals surface area contributed by atoms with Crippen LogP contribution in [0.5, 0.6) is 0 Å².